The van der Waals surface area contributed by atoms with Crippen molar-refractivity contribution < 1.29 is 0 Å². The first-order valence-corrected chi connectivity index (χ1v) is 31.4. The van der Waals surface area contributed by atoms with Crippen LogP contribution in [0, 0.1) is 6.92 Å². The second-order valence-electron chi connectivity index (χ2n) is 30.4. The number of hydrogen-bond donors (Lipinski definition) is 0. The quantitative estimate of drug-likeness (QED) is 0.140. The molecule has 13 rings (SSSR count). The van der Waals surface area contributed by atoms with Gasteiger partial charge in [0.05, 0.1) is 5.69 Å². The molecule has 2 aliphatic carbocycles. The molecule has 0 bridgehead atoms. The molecule has 0 fully saturated rings. The SMILES string of the molecule is Cc1cc2c3c(c1)N(c1ccc(C(C)(C)c4ccccc4)cc1-c1cccc(-c4ccc(C(C)(C)C)cc4)c1)c1ccc(C(C)(C)c4ccccc4)cc1B3c1cc3c(cc1N2c1ccc2c(c1)C(C)(C)CCC2(C)C)C(C)(C)CCC3(C)C. The highest BCUT2D eigenvalue weighted by atomic mass is 15.2. The predicted molar refractivity (Wildman–Crippen MR) is 362 cm³/mol. The Hall–Kier alpha value is -7.36. The summed E-state index contributed by atoms with van der Waals surface area (Å²) < 4.78 is 0. The van der Waals surface area contributed by atoms with E-state index >= 15 is 0 Å². The van der Waals surface area contributed by atoms with Crippen LogP contribution in [0.1, 0.15) is 185 Å². The van der Waals surface area contributed by atoms with Gasteiger partial charge in [0.25, 0.3) is 6.71 Å². The van der Waals surface area contributed by atoms with Crippen LogP contribution in [0.3, 0.4) is 0 Å². The molecule has 0 N–H and O–H groups in total. The van der Waals surface area contributed by atoms with Crippen molar-refractivity contribution in [1.29, 1.82) is 0 Å². The van der Waals surface area contributed by atoms with Crippen molar-refractivity contribution in [2.45, 2.75) is 174 Å². The van der Waals surface area contributed by atoms with Crippen molar-refractivity contribution in [1.82, 2.24) is 0 Å². The summed E-state index contributed by atoms with van der Waals surface area (Å²) in [6.07, 6.45) is 4.65. The van der Waals surface area contributed by atoms with Crippen LogP contribution in [0.25, 0.3) is 22.3 Å². The molecule has 0 aromatic heterocycles. The average molecular weight is 1100 g/mol. The van der Waals surface area contributed by atoms with Crippen molar-refractivity contribution in [3.05, 3.63) is 244 Å². The molecular weight excluding hydrogens is 1010 g/mol. The molecule has 2 nitrogen and oxygen atoms in total. The summed E-state index contributed by atoms with van der Waals surface area (Å²) in [6, 6.07) is 73.8. The molecule has 2 aliphatic heterocycles. The van der Waals surface area contributed by atoms with Gasteiger partial charge >= 0.3 is 0 Å². The molecule has 0 atom stereocenters. The Morgan fingerprint density at radius 2 is 0.833 bits per heavy atom. The second kappa shape index (κ2) is 19.3. The first-order chi connectivity index (χ1) is 39.7. The Bertz CT molecular complexity index is 4070. The van der Waals surface area contributed by atoms with Gasteiger partial charge in [0.15, 0.2) is 0 Å². The number of fused-ring (bicyclic) bond motifs is 6. The summed E-state index contributed by atoms with van der Waals surface area (Å²) in [5, 5.41) is 0. The lowest BCUT2D eigenvalue weighted by Gasteiger charge is -2.48. The Morgan fingerprint density at radius 1 is 0.345 bits per heavy atom. The fourth-order valence-electron chi connectivity index (χ4n) is 15.3. The maximum atomic E-state index is 2.72. The second-order valence-corrected chi connectivity index (χ2v) is 30.4. The van der Waals surface area contributed by atoms with E-state index in [1.807, 2.05) is 0 Å². The first-order valence-electron chi connectivity index (χ1n) is 31.4. The smallest absolute Gasteiger partial charge is 0.252 e. The van der Waals surface area contributed by atoms with Crippen LogP contribution in [-0.4, -0.2) is 6.71 Å². The molecule has 84 heavy (non-hydrogen) atoms. The number of aryl methyl sites for hydroxylation is 1. The standard InChI is InChI=1S/C81H87BN2/c1-52-44-72-74-73(45-52)84(69-38-34-59(80(13,14)57-26-19-17-20-27-57)47-62(69)55-25-23-24-54(46-55)53-30-32-56(33-31-53)75(2,3)4)70-39-35-60(81(15,16)58-28-21-18-22-29-58)48-67(70)82(74)68-50-65-66(79(11,12)43-42-78(65,9)10)51-71(68)83(72)61-36-37-63-64(49-61)77(7,8)41-40-76(63,5)6/h17-39,44-51H,40-43H2,1-16H3. The zero-order valence-electron chi connectivity index (χ0n) is 53.2. The highest BCUT2D eigenvalue weighted by Gasteiger charge is 2.48. The van der Waals surface area contributed by atoms with Gasteiger partial charge in [-0.25, -0.2) is 0 Å². The van der Waals surface area contributed by atoms with Crippen LogP contribution in [0.2, 0.25) is 0 Å². The van der Waals surface area contributed by atoms with Crippen LogP contribution < -0.4 is 26.2 Å². The Kier molecular flexibility index (Phi) is 12.8. The summed E-state index contributed by atoms with van der Waals surface area (Å²) in [5.41, 5.74) is 29.9. The van der Waals surface area contributed by atoms with E-state index in [1.54, 1.807) is 0 Å². The van der Waals surface area contributed by atoms with Gasteiger partial charge in [-0.2, -0.15) is 0 Å². The molecule has 9 aromatic rings. The van der Waals surface area contributed by atoms with Crippen molar-refractivity contribution in [3.63, 3.8) is 0 Å². The molecule has 0 spiro atoms. The average Bonchev–Trinajstić information content (AvgIpc) is 1.24. The zero-order valence-corrected chi connectivity index (χ0v) is 53.2. The van der Waals surface area contributed by atoms with Gasteiger partial charge in [-0.15, -0.1) is 0 Å². The third-order valence-electron chi connectivity index (χ3n) is 21.2. The van der Waals surface area contributed by atoms with E-state index in [4.69, 9.17) is 0 Å². The van der Waals surface area contributed by atoms with Crippen LogP contribution in [-0.2, 0) is 37.9 Å². The number of rotatable bonds is 8. The third-order valence-corrected chi connectivity index (χ3v) is 21.2. The number of hydrogen-bond acceptors (Lipinski definition) is 2. The molecule has 0 amide bonds. The number of anilines is 6. The van der Waals surface area contributed by atoms with E-state index in [9.17, 15) is 0 Å². The summed E-state index contributed by atoms with van der Waals surface area (Å²) in [7, 11) is 0. The summed E-state index contributed by atoms with van der Waals surface area (Å²) >= 11 is 0. The molecule has 4 aliphatic rings. The van der Waals surface area contributed by atoms with Gasteiger partial charge in [-0.1, -0.05) is 237 Å². The fourth-order valence-corrected chi connectivity index (χ4v) is 15.3. The Labute approximate surface area is 504 Å². The van der Waals surface area contributed by atoms with Crippen LogP contribution >= 0.6 is 0 Å². The van der Waals surface area contributed by atoms with Gasteiger partial charge in [0, 0.05) is 44.8 Å². The van der Waals surface area contributed by atoms with E-state index in [2.05, 4.69) is 309 Å². The zero-order chi connectivity index (χ0) is 59.3. The van der Waals surface area contributed by atoms with E-state index < -0.39 is 0 Å². The van der Waals surface area contributed by atoms with E-state index in [1.165, 1.54) is 135 Å². The van der Waals surface area contributed by atoms with Gasteiger partial charge in [-0.3, -0.25) is 0 Å². The normalized spacial score (nSPS) is 17.2. The summed E-state index contributed by atoms with van der Waals surface area (Å²) in [5.74, 6) is 0. The first kappa shape index (κ1) is 55.8. The van der Waals surface area contributed by atoms with Gasteiger partial charge in [0.2, 0.25) is 0 Å². The Balaban J connectivity index is 1.12. The lowest BCUT2D eigenvalue weighted by molar-refractivity contribution is 0.332. The lowest BCUT2D eigenvalue weighted by Crippen LogP contribution is -2.62. The number of benzene rings is 9. The van der Waals surface area contributed by atoms with E-state index in [0.717, 1.165) is 19.3 Å². The minimum Gasteiger partial charge on any atom is -0.311 e. The van der Waals surface area contributed by atoms with Crippen molar-refractivity contribution >= 4 is 57.2 Å². The highest BCUT2D eigenvalue weighted by molar-refractivity contribution is 7.00. The van der Waals surface area contributed by atoms with Crippen molar-refractivity contribution in [2.75, 3.05) is 9.80 Å². The molecule has 0 saturated heterocycles. The molecule has 3 heteroatoms. The molecule has 424 valence electrons. The maximum Gasteiger partial charge on any atom is 0.252 e. The fraction of sp³-hybridized carbons (Fsp3) is 0.333. The third kappa shape index (κ3) is 9.04. The van der Waals surface area contributed by atoms with Crippen LogP contribution in [0.5, 0.6) is 0 Å². The van der Waals surface area contributed by atoms with Crippen LogP contribution in [0.15, 0.2) is 188 Å². The number of nitrogens with zero attached hydrogens (tertiary/aromatic N) is 2. The molecule has 0 saturated carbocycles. The minimum atomic E-state index is -0.273. The largest absolute Gasteiger partial charge is 0.311 e. The van der Waals surface area contributed by atoms with Crippen molar-refractivity contribution in [3.8, 4) is 22.3 Å². The summed E-state index contributed by atoms with van der Waals surface area (Å²) in [4.78, 5) is 5.40. The molecule has 0 radical (unpaired) electrons. The Morgan fingerprint density at radius 3 is 1.42 bits per heavy atom. The highest BCUT2D eigenvalue weighted by Crippen LogP contribution is 2.54. The van der Waals surface area contributed by atoms with Gasteiger partial charge in [0.1, 0.15) is 0 Å². The molecular formula is C81H87BN2. The molecule has 0 unspecified atom stereocenters. The van der Waals surface area contributed by atoms with E-state index in [-0.39, 0.29) is 44.6 Å². The molecule has 9 aromatic carbocycles. The summed E-state index contributed by atoms with van der Waals surface area (Å²) in [6.45, 7) is 38.6. The van der Waals surface area contributed by atoms with Gasteiger partial charge in [-0.05, 0) is 203 Å². The monoisotopic (exact) mass is 1100 g/mol. The topological polar surface area (TPSA) is 6.48 Å². The predicted octanol–water partition coefficient (Wildman–Crippen LogP) is 20.1. The van der Waals surface area contributed by atoms with Crippen molar-refractivity contribution in [2.24, 2.45) is 0 Å². The maximum absolute atomic E-state index is 2.72. The van der Waals surface area contributed by atoms with Crippen LogP contribution in [0.4, 0.5) is 34.1 Å². The lowest BCUT2D eigenvalue weighted by atomic mass is 9.33. The van der Waals surface area contributed by atoms with Gasteiger partial charge < -0.3 is 9.80 Å². The minimum absolute atomic E-state index is 0.0105. The van der Waals surface area contributed by atoms with E-state index in [0.29, 0.717) is 0 Å². The molecule has 2 heterocycles.